The van der Waals surface area contributed by atoms with Crippen molar-refractivity contribution in [1.82, 2.24) is 10.2 Å². The molecule has 1 aliphatic rings. The van der Waals surface area contributed by atoms with Gasteiger partial charge in [-0.3, -0.25) is 13.9 Å². The smallest absolute Gasteiger partial charge is 0.352 e. The average molecular weight is 726 g/mol. The Morgan fingerprint density at radius 1 is 0.860 bits per heavy atom. The van der Waals surface area contributed by atoms with Crippen molar-refractivity contribution in [2.75, 3.05) is 10.8 Å². The highest BCUT2D eigenvalue weighted by molar-refractivity contribution is 7.92. The van der Waals surface area contributed by atoms with Crippen LogP contribution in [0.3, 0.4) is 0 Å². The van der Waals surface area contributed by atoms with Crippen LogP contribution in [0.5, 0.6) is 0 Å². The summed E-state index contributed by atoms with van der Waals surface area (Å²) < 4.78 is 70.7. The molecule has 1 atom stereocenters. The number of amides is 2. The summed E-state index contributed by atoms with van der Waals surface area (Å²) in [6.45, 7) is 0.777. The van der Waals surface area contributed by atoms with Crippen LogP contribution >= 0.6 is 11.6 Å². The Kier molecular flexibility index (Phi) is 11.9. The molecule has 0 bridgehead atoms. The van der Waals surface area contributed by atoms with Crippen molar-refractivity contribution in [2.45, 2.75) is 75.1 Å². The third-order valence-electron chi connectivity index (χ3n) is 8.81. The van der Waals surface area contributed by atoms with Crippen molar-refractivity contribution in [3.63, 3.8) is 0 Å². The molecule has 1 fully saturated rings. The van der Waals surface area contributed by atoms with E-state index in [-0.39, 0.29) is 29.6 Å². The lowest BCUT2D eigenvalue weighted by Gasteiger charge is -2.35. The highest BCUT2D eigenvalue weighted by Gasteiger charge is 2.37. The predicted octanol–water partition coefficient (Wildman–Crippen LogP) is 7.95. The van der Waals surface area contributed by atoms with Crippen molar-refractivity contribution in [3.05, 3.63) is 130 Å². The summed E-state index contributed by atoms with van der Waals surface area (Å²) in [4.78, 5) is 29.9. The summed E-state index contributed by atoms with van der Waals surface area (Å²) in [5.41, 5.74) is 0.702. The van der Waals surface area contributed by atoms with Crippen LogP contribution < -0.4 is 9.62 Å². The molecule has 2 amide bonds. The summed E-state index contributed by atoms with van der Waals surface area (Å²) in [6, 6.07) is 24.4. The number of rotatable bonds is 12. The number of nitrogens with one attached hydrogen (secondary N) is 1. The first-order valence-electron chi connectivity index (χ1n) is 16.5. The fourth-order valence-electron chi connectivity index (χ4n) is 6.13. The summed E-state index contributed by atoms with van der Waals surface area (Å²) in [5.74, 6) is -1.18. The standard InChI is InChI=1S/C38H39ClF3N3O4S/c1-27-18-20-34(21-19-27)50(48,49)45(33-17-9-13-30(24-33)38(40,41)42)26-36(46)44(25-29-12-8-14-31(39)22-29)35(23-28-10-4-2-5-11-28)37(47)43-32-15-6-3-7-16-32/h2,4-5,8-14,17-22,24,32,35H,3,6-7,15-16,23,25-26H2,1H3,(H,43,47)/t35-/m1/s1. The van der Waals surface area contributed by atoms with Gasteiger partial charge in [-0.15, -0.1) is 0 Å². The molecule has 264 valence electrons. The first-order valence-corrected chi connectivity index (χ1v) is 18.3. The third kappa shape index (κ3) is 9.45. The second kappa shape index (κ2) is 16.1. The molecule has 0 aliphatic heterocycles. The average Bonchev–Trinajstić information content (AvgIpc) is 3.09. The molecular formula is C38H39ClF3N3O4S. The van der Waals surface area contributed by atoms with Crippen LogP contribution in [0.1, 0.15) is 54.4 Å². The lowest BCUT2D eigenvalue weighted by molar-refractivity contribution is -0.140. The zero-order chi connectivity index (χ0) is 35.9. The largest absolute Gasteiger partial charge is 0.416 e. The van der Waals surface area contributed by atoms with Gasteiger partial charge in [0.25, 0.3) is 10.0 Å². The van der Waals surface area contributed by atoms with E-state index in [0.29, 0.717) is 21.0 Å². The lowest BCUT2D eigenvalue weighted by Crippen LogP contribution is -2.55. The predicted molar refractivity (Wildman–Crippen MR) is 188 cm³/mol. The van der Waals surface area contributed by atoms with E-state index in [2.05, 4.69) is 5.32 Å². The molecule has 5 rings (SSSR count). The van der Waals surface area contributed by atoms with Crippen molar-refractivity contribution < 1.29 is 31.2 Å². The zero-order valence-corrected chi connectivity index (χ0v) is 29.1. The maximum atomic E-state index is 14.6. The Hall–Kier alpha value is -4.35. The fourth-order valence-corrected chi connectivity index (χ4v) is 7.75. The second-order valence-corrected chi connectivity index (χ2v) is 14.9. The molecule has 4 aromatic carbocycles. The maximum Gasteiger partial charge on any atom is 0.416 e. The van der Waals surface area contributed by atoms with E-state index in [4.69, 9.17) is 11.6 Å². The molecule has 0 unspecified atom stereocenters. The maximum absolute atomic E-state index is 14.6. The van der Waals surface area contributed by atoms with Gasteiger partial charge in [-0.05, 0) is 73.4 Å². The number of carbonyl (C=O) groups is 2. The first kappa shape index (κ1) is 36.9. The van der Waals surface area contributed by atoms with E-state index < -0.39 is 46.2 Å². The van der Waals surface area contributed by atoms with Crippen molar-refractivity contribution >= 4 is 39.1 Å². The Labute approximate surface area is 296 Å². The summed E-state index contributed by atoms with van der Waals surface area (Å²) in [5, 5.41) is 3.52. The van der Waals surface area contributed by atoms with Crippen molar-refractivity contribution in [2.24, 2.45) is 0 Å². The quantitative estimate of drug-likeness (QED) is 0.161. The number of hydrogen-bond acceptors (Lipinski definition) is 4. The molecule has 0 saturated heterocycles. The third-order valence-corrected chi connectivity index (χ3v) is 10.8. The lowest BCUT2D eigenvalue weighted by atomic mass is 9.94. The molecule has 12 heteroatoms. The summed E-state index contributed by atoms with van der Waals surface area (Å²) in [6.07, 6.45) is -0.0746. The number of nitrogens with zero attached hydrogens (tertiary/aromatic N) is 2. The first-order chi connectivity index (χ1) is 23.8. The van der Waals surface area contributed by atoms with Crippen LogP contribution in [0.2, 0.25) is 5.02 Å². The molecule has 0 heterocycles. The number of carbonyl (C=O) groups excluding carboxylic acids is 2. The van der Waals surface area contributed by atoms with Crippen LogP contribution in [0, 0.1) is 6.92 Å². The van der Waals surface area contributed by atoms with Gasteiger partial charge in [0.2, 0.25) is 11.8 Å². The topological polar surface area (TPSA) is 86.8 Å². The SMILES string of the molecule is Cc1ccc(S(=O)(=O)N(CC(=O)N(Cc2cccc(Cl)c2)[C@H](Cc2ccccc2)C(=O)NC2CCCCC2)c2cccc(C(F)(F)F)c2)cc1. The van der Waals surface area contributed by atoms with Gasteiger partial charge >= 0.3 is 6.18 Å². The van der Waals surface area contributed by atoms with Crippen LogP contribution in [0.25, 0.3) is 0 Å². The fraction of sp³-hybridized carbons (Fsp3) is 0.316. The molecule has 0 aromatic heterocycles. The highest BCUT2D eigenvalue weighted by Crippen LogP contribution is 2.34. The number of aryl methyl sites for hydroxylation is 1. The highest BCUT2D eigenvalue weighted by atomic mass is 35.5. The van der Waals surface area contributed by atoms with E-state index in [0.717, 1.165) is 55.4 Å². The number of benzene rings is 4. The summed E-state index contributed by atoms with van der Waals surface area (Å²) in [7, 11) is -4.57. The number of halogens is 4. The monoisotopic (exact) mass is 725 g/mol. The Morgan fingerprint density at radius 3 is 2.18 bits per heavy atom. The van der Waals surface area contributed by atoms with Gasteiger partial charge in [0.05, 0.1) is 16.1 Å². The minimum atomic E-state index is -4.77. The van der Waals surface area contributed by atoms with E-state index in [1.165, 1.54) is 23.1 Å². The molecule has 4 aromatic rings. The van der Waals surface area contributed by atoms with Gasteiger partial charge in [0.1, 0.15) is 12.6 Å². The van der Waals surface area contributed by atoms with Crippen LogP contribution in [0.4, 0.5) is 18.9 Å². The molecule has 7 nitrogen and oxygen atoms in total. The molecule has 0 spiro atoms. The number of anilines is 1. The van der Waals surface area contributed by atoms with Gasteiger partial charge in [-0.2, -0.15) is 13.2 Å². The Bertz CT molecular complexity index is 1880. The molecule has 1 aliphatic carbocycles. The van der Waals surface area contributed by atoms with Gasteiger partial charge < -0.3 is 10.2 Å². The minimum absolute atomic E-state index is 0.0823. The second-order valence-electron chi connectivity index (χ2n) is 12.6. The molecule has 0 radical (unpaired) electrons. The summed E-state index contributed by atoms with van der Waals surface area (Å²) >= 11 is 6.30. The van der Waals surface area contributed by atoms with E-state index in [1.807, 2.05) is 30.3 Å². The van der Waals surface area contributed by atoms with E-state index in [1.54, 1.807) is 43.3 Å². The van der Waals surface area contributed by atoms with Crippen LogP contribution in [-0.4, -0.2) is 43.8 Å². The Balaban J connectivity index is 1.60. The molecular weight excluding hydrogens is 687 g/mol. The van der Waals surface area contributed by atoms with Gasteiger partial charge in [0.15, 0.2) is 0 Å². The number of alkyl halides is 3. The van der Waals surface area contributed by atoms with Gasteiger partial charge in [-0.25, -0.2) is 8.42 Å². The normalized spacial score (nSPS) is 14.5. The van der Waals surface area contributed by atoms with Gasteiger partial charge in [0, 0.05) is 24.0 Å². The van der Waals surface area contributed by atoms with Crippen molar-refractivity contribution in [3.8, 4) is 0 Å². The van der Waals surface area contributed by atoms with Crippen LogP contribution in [0.15, 0.2) is 108 Å². The van der Waals surface area contributed by atoms with Crippen molar-refractivity contribution in [1.29, 1.82) is 0 Å². The zero-order valence-electron chi connectivity index (χ0n) is 27.6. The minimum Gasteiger partial charge on any atom is -0.352 e. The molecule has 50 heavy (non-hydrogen) atoms. The van der Waals surface area contributed by atoms with Crippen LogP contribution in [-0.2, 0) is 38.8 Å². The van der Waals surface area contributed by atoms with Gasteiger partial charge in [-0.1, -0.05) is 97.1 Å². The van der Waals surface area contributed by atoms with E-state index >= 15 is 0 Å². The molecule has 1 N–H and O–H groups in total. The Morgan fingerprint density at radius 2 is 1.52 bits per heavy atom. The van der Waals surface area contributed by atoms with E-state index in [9.17, 15) is 31.2 Å². The number of hydrogen-bond donors (Lipinski definition) is 1. The number of sulfonamides is 1. The molecule has 1 saturated carbocycles.